The highest BCUT2D eigenvalue weighted by Gasteiger charge is 2.36. The Morgan fingerprint density at radius 1 is 1.20 bits per heavy atom. The van der Waals surface area contributed by atoms with Gasteiger partial charge in [0.2, 0.25) is 5.91 Å². The second kappa shape index (κ2) is 7.23. The van der Waals surface area contributed by atoms with E-state index in [9.17, 15) is 9.59 Å². The maximum Gasteiger partial charge on any atom is 0.274 e. The summed E-state index contributed by atoms with van der Waals surface area (Å²) in [5.41, 5.74) is 0.439. The van der Waals surface area contributed by atoms with Gasteiger partial charge in [-0.15, -0.1) is 22.7 Å². The lowest BCUT2D eigenvalue weighted by Gasteiger charge is -2.36. The summed E-state index contributed by atoms with van der Waals surface area (Å²) < 4.78 is 0. The van der Waals surface area contributed by atoms with Gasteiger partial charge in [0.15, 0.2) is 0 Å². The molecule has 0 aromatic carbocycles. The van der Waals surface area contributed by atoms with E-state index in [1.54, 1.807) is 21.6 Å². The molecule has 1 unspecified atom stereocenters. The molecule has 1 atom stereocenters. The van der Waals surface area contributed by atoms with E-state index in [1.807, 2.05) is 22.4 Å². The molecule has 0 spiro atoms. The van der Waals surface area contributed by atoms with Crippen LogP contribution in [0.25, 0.3) is 9.88 Å². The number of aromatic nitrogens is 1. The van der Waals surface area contributed by atoms with Crippen LogP contribution in [-0.2, 0) is 4.79 Å². The van der Waals surface area contributed by atoms with Gasteiger partial charge in [-0.25, -0.2) is 4.98 Å². The first-order chi connectivity index (χ1) is 12.2. The van der Waals surface area contributed by atoms with E-state index >= 15 is 0 Å². The van der Waals surface area contributed by atoms with Crippen molar-refractivity contribution in [3.8, 4) is 9.88 Å². The molecule has 2 aliphatic heterocycles. The number of carbonyl (C=O) groups is 2. The van der Waals surface area contributed by atoms with Crippen LogP contribution in [-0.4, -0.2) is 65.4 Å². The topological polar surface area (TPSA) is 65.5 Å². The monoisotopic (exact) mass is 376 g/mol. The minimum absolute atomic E-state index is 0.0618. The van der Waals surface area contributed by atoms with Crippen molar-refractivity contribution in [3.05, 3.63) is 28.6 Å². The predicted molar refractivity (Wildman–Crippen MR) is 98.9 cm³/mol. The fourth-order valence-electron chi connectivity index (χ4n) is 3.35. The normalized spacial score (nSPS) is 20.9. The van der Waals surface area contributed by atoms with Crippen molar-refractivity contribution < 1.29 is 9.59 Å². The third-order valence-corrected chi connectivity index (χ3v) is 6.54. The number of hydrogen-bond acceptors (Lipinski definition) is 6. The third-order valence-electron chi connectivity index (χ3n) is 4.66. The summed E-state index contributed by atoms with van der Waals surface area (Å²) >= 11 is 3.09. The number of carbonyl (C=O) groups excluding carboxylic acids is 2. The Bertz CT molecular complexity index is 753. The highest BCUT2D eigenvalue weighted by molar-refractivity contribution is 7.20. The molecule has 2 fully saturated rings. The molecule has 4 rings (SSSR count). The van der Waals surface area contributed by atoms with Gasteiger partial charge in [0.1, 0.15) is 16.7 Å². The summed E-state index contributed by atoms with van der Waals surface area (Å²) in [7, 11) is 0. The number of nitrogens with zero attached hydrogens (tertiary/aromatic N) is 3. The summed E-state index contributed by atoms with van der Waals surface area (Å²) in [5.74, 6) is -0.0788. The average molecular weight is 377 g/mol. The van der Waals surface area contributed by atoms with Gasteiger partial charge in [-0.1, -0.05) is 6.07 Å². The predicted octanol–water partition coefficient (Wildman–Crippen LogP) is 1.91. The molecule has 2 aromatic rings. The number of piperazine rings is 1. The third kappa shape index (κ3) is 3.33. The van der Waals surface area contributed by atoms with E-state index in [0.29, 0.717) is 25.3 Å². The van der Waals surface area contributed by atoms with Crippen LogP contribution in [0.4, 0.5) is 0 Å². The van der Waals surface area contributed by atoms with Crippen molar-refractivity contribution in [2.45, 2.75) is 18.9 Å². The summed E-state index contributed by atoms with van der Waals surface area (Å²) in [5, 5.41) is 7.90. The van der Waals surface area contributed by atoms with Crippen molar-refractivity contribution >= 4 is 34.5 Å². The van der Waals surface area contributed by atoms with Gasteiger partial charge < -0.3 is 15.1 Å². The molecule has 1 N–H and O–H groups in total. The fraction of sp³-hybridized carbons (Fsp3) is 0.471. The number of thiophene rings is 1. The number of rotatable bonds is 3. The second-order valence-corrected chi connectivity index (χ2v) is 8.07. The molecule has 25 heavy (non-hydrogen) atoms. The van der Waals surface area contributed by atoms with Crippen LogP contribution in [0.15, 0.2) is 22.9 Å². The van der Waals surface area contributed by atoms with Gasteiger partial charge in [-0.3, -0.25) is 9.59 Å². The van der Waals surface area contributed by atoms with Crippen molar-refractivity contribution in [1.82, 2.24) is 20.1 Å². The summed E-state index contributed by atoms with van der Waals surface area (Å²) in [6.45, 7) is 3.36. The first kappa shape index (κ1) is 16.7. The standard InChI is InChI=1S/C17H20N4O2S2/c22-16(12-11-25-15(19-12)14-4-3-9-24-14)21-8-5-18-10-13(21)17(23)20-6-1-2-7-20/h3-4,9,11,13,18H,1-2,5-8,10H2. The Morgan fingerprint density at radius 3 is 2.80 bits per heavy atom. The largest absolute Gasteiger partial charge is 0.341 e. The van der Waals surface area contributed by atoms with E-state index in [1.165, 1.54) is 11.3 Å². The number of hydrogen-bond donors (Lipinski definition) is 1. The highest BCUT2D eigenvalue weighted by Crippen LogP contribution is 2.28. The fourth-order valence-corrected chi connectivity index (χ4v) is 4.96. The van der Waals surface area contributed by atoms with E-state index in [-0.39, 0.29) is 11.8 Å². The van der Waals surface area contributed by atoms with E-state index < -0.39 is 6.04 Å². The van der Waals surface area contributed by atoms with Gasteiger partial charge in [0, 0.05) is 38.1 Å². The number of thiazole rings is 1. The summed E-state index contributed by atoms with van der Waals surface area (Å²) in [6.07, 6.45) is 2.10. The van der Waals surface area contributed by atoms with Crippen LogP contribution in [0.5, 0.6) is 0 Å². The smallest absolute Gasteiger partial charge is 0.274 e. The van der Waals surface area contributed by atoms with E-state index in [0.717, 1.165) is 35.8 Å². The minimum atomic E-state index is -0.425. The van der Waals surface area contributed by atoms with Crippen LogP contribution in [0.3, 0.4) is 0 Å². The molecule has 2 saturated heterocycles. The van der Waals surface area contributed by atoms with Gasteiger partial charge in [0.05, 0.1) is 4.88 Å². The van der Waals surface area contributed by atoms with Gasteiger partial charge in [0.25, 0.3) is 5.91 Å². The maximum absolute atomic E-state index is 13.0. The Hall–Kier alpha value is -1.77. The lowest BCUT2D eigenvalue weighted by molar-refractivity contribution is -0.135. The molecule has 2 aromatic heterocycles. The van der Waals surface area contributed by atoms with Crippen molar-refractivity contribution in [3.63, 3.8) is 0 Å². The van der Waals surface area contributed by atoms with Crippen molar-refractivity contribution in [2.75, 3.05) is 32.7 Å². The molecule has 0 radical (unpaired) electrons. The molecule has 0 bridgehead atoms. The zero-order valence-corrected chi connectivity index (χ0v) is 15.4. The quantitative estimate of drug-likeness (QED) is 0.889. The first-order valence-corrected chi connectivity index (χ1v) is 10.3. The van der Waals surface area contributed by atoms with Crippen LogP contribution in [0.1, 0.15) is 23.3 Å². The van der Waals surface area contributed by atoms with Crippen molar-refractivity contribution in [2.24, 2.45) is 0 Å². The minimum Gasteiger partial charge on any atom is -0.341 e. The van der Waals surface area contributed by atoms with Gasteiger partial charge >= 0.3 is 0 Å². The molecular formula is C17H20N4O2S2. The highest BCUT2D eigenvalue weighted by atomic mass is 32.1. The van der Waals surface area contributed by atoms with Crippen molar-refractivity contribution in [1.29, 1.82) is 0 Å². The molecule has 2 aliphatic rings. The molecule has 6 nitrogen and oxygen atoms in total. The number of nitrogens with one attached hydrogen (secondary N) is 1. The lowest BCUT2D eigenvalue weighted by Crippen LogP contribution is -2.59. The molecular weight excluding hydrogens is 356 g/mol. The Morgan fingerprint density at radius 2 is 2.04 bits per heavy atom. The molecule has 2 amide bonds. The van der Waals surface area contributed by atoms with Crippen LogP contribution in [0, 0.1) is 0 Å². The Labute approximate surface area is 154 Å². The molecule has 0 aliphatic carbocycles. The zero-order valence-electron chi connectivity index (χ0n) is 13.8. The van der Waals surface area contributed by atoms with Crippen LogP contribution < -0.4 is 5.32 Å². The molecule has 4 heterocycles. The van der Waals surface area contributed by atoms with Crippen LogP contribution >= 0.6 is 22.7 Å². The summed E-state index contributed by atoms with van der Waals surface area (Å²) in [6, 6.07) is 3.55. The molecule has 0 saturated carbocycles. The summed E-state index contributed by atoms with van der Waals surface area (Å²) in [4.78, 5) is 35.0. The lowest BCUT2D eigenvalue weighted by atomic mass is 10.1. The number of amides is 2. The number of likely N-dealkylation sites (tertiary alicyclic amines) is 1. The van der Waals surface area contributed by atoms with Crippen LogP contribution in [0.2, 0.25) is 0 Å². The Kier molecular flexibility index (Phi) is 4.82. The average Bonchev–Trinajstić information content (AvgIpc) is 3.42. The van der Waals surface area contributed by atoms with Gasteiger partial charge in [-0.2, -0.15) is 0 Å². The zero-order chi connectivity index (χ0) is 17.2. The van der Waals surface area contributed by atoms with E-state index in [2.05, 4.69) is 10.3 Å². The second-order valence-electron chi connectivity index (χ2n) is 6.27. The first-order valence-electron chi connectivity index (χ1n) is 8.54. The molecule has 8 heteroatoms. The SMILES string of the molecule is O=C(C1CNCCN1C(=O)c1csc(-c2cccs2)n1)N1CCCC1. The van der Waals surface area contributed by atoms with E-state index in [4.69, 9.17) is 0 Å². The molecule has 132 valence electrons. The maximum atomic E-state index is 13.0. The van der Waals surface area contributed by atoms with Gasteiger partial charge in [-0.05, 0) is 24.3 Å². The Balaban J connectivity index is 1.53.